The lowest BCUT2D eigenvalue weighted by Gasteiger charge is -2.35. The summed E-state index contributed by atoms with van der Waals surface area (Å²) >= 11 is 0. The molecule has 0 bridgehead atoms. The van der Waals surface area contributed by atoms with Gasteiger partial charge in [0.2, 0.25) is 0 Å². The fourth-order valence-corrected chi connectivity index (χ4v) is 3.18. The summed E-state index contributed by atoms with van der Waals surface area (Å²) in [7, 11) is 4.21. The van der Waals surface area contributed by atoms with Crippen LogP contribution in [0.5, 0.6) is 0 Å². The summed E-state index contributed by atoms with van der Waals surface area (Å²) < 4.78 is 0. The molecule has 5 nitrogen and oxygen atoms in total. The summed E-state index contributed by atoms with van der Waals surface area (Å²) in [5, 5.41) is 10.1. The normalized spacial score (nSPS) is 24.0. The lowest BCUT2D eigenvalue weighted by molar-refractivity contribution is 0.0203. The van der Waals surface area contributed by atoms with E-state index >= 15 is 0 Å². The van der Waals surface area contributed by atoms with E-state index in [-0.39, 0.29) is 6.10 Å². The van der Waals surface area contributed by atoms with Gasteiger partial charge in [0, 0.05) is 25.6 Å². The molecule has 1 aromatic heterocycles. The minimum Gasteiger partial charge on any atom is -0.393 e. The Labute approximate surface area is 125 Å². The molecule has 1 aromatic carbocycles. The van der Waals surface area contributed by atoms with Crippen molar-refractivity contribution in [1.82, 2.24) is 19.8 Å². The third-order valence-corrected chi connectivity index (χ3v) is 4.30. The first kappa shape index (κ1) is 14.5. The second-order valence-corrected chi connectivity index (χ2v) is 6.28. The van der Waals surface area contributed by atoms with Crippen LogP contribution in [0.25, 0.3) is 11.0 Å². The van der Waals surface area contributed by atoms with E-state index in [4.69, 9.17) is 0 Å². The number of aromatic nitrogens is 2. The minimum atomic E-state index is -0.181. The van der Waals surface area contributed by atoms with Crippen molar-refractivity contribution in [3.63, 3.8) is 0 Å². The molecule has 2 heterocycles. The number of aliphatic hydroxyl groups excluding tert-OH is 1. The first-order chi connectivity index (χ1) is 10.1. The largest absolute Gasteiger partial charge is 0.393 e. The van der Waals surface area contributed by atoms with E-state index < -0.39 is 0 Å². The zero-order valence-corrected chi connectivity index (χ0v) is 12.8. The van der Waals surface area contributed by atoms with Crippen LogP contribution in [0.2, 0.25) is 0 Å². The summed E-state index contributed by atoms with van der Waals surface area (Å²) in [4.78, 5) is 12.5. The lowest BCUT2D eigenvalue weighted by Crippen LogP contribution is -2.45. The number of aromatic amines is 1. The molecule has 0 spiro atoms. The Morgan fingerprint density at radius 2 is 2.24 bits per heavy atom. The Bertz CT molecular complexity index is 564. The molecule has 0 saturated carbocycles. The number of benzene rings is 1. The van der Waals surface area contributed by atoms with Crippen LogP contribution in [0.15, 0.2) is 24.3 Å². The van der Waals surface area contributed by atoms with Gasteiger partial charge in [0.05, 0.1) is 23.7 Å². The van der Waals surface area contributed by atoms with Crippen molar-refractivity contribution >= 4 is 11.0 Å². The molecule has 21 heavy (non-hydrogen) atoms. The van der Waals surface area contributed by atoms with Crippen LogP contribution >= 0.6 is 0 Å². The van der Waals surface area contributed by atoms with Gasteiger partial charge < -0.3 is 15.0 Å². The fraction of sp³-hybridized carbons (Fsp3) is 0.562. The Hall–Kier alpha value is -1.43. The van der Waals surface area contributed by atoms with Crippen LogP contribution in [-0.4, -0.2) is 64.7 Å². The maximum absolute atomic E-state index is 10.1. The molecule has 1 aliphatic rings. The van der Waals surface area contributed by atoms with Crippen LogP contribution in [0.1, 0.15) is 12.2 Å². The topological polar surface area (TPSA) is 55.4 Å². The second-order valence-electron chi connectivity index (χ2n) is 6.28. The van der Waals surface area contributed by atoms with Gasteiger partial charge in [-0.2, -0.15) is 0 Å². The van der Waals surface area contributed by atoms with E-state index in [1.165, 1.54) is 0 Å². The molecule has 3 rings (SSSR count). The molecule has 2 atom stereocenters. The Morgan fingerprint density at radius 3 is 3.05 bits per heavy atom. The van der Waals surface area contributed by atoms with Crippen molar-refractivity contribution in [3.05, 3.63) is 30.1 Å². The van der Waals surface area contributed by atoms with Crippen molar-refractivity contribution in [2.45, 2.75) is 19.1 Å². The first-order valence-corrected chi connectivity index (χ1v) is 7.60. The molecular weight excluding hydrogens is 264 g/mol. The highest BCUT2D eigenvalue weighted by Gasteiger charge is 2.26. The van der Waals surface area contributed by atoms with E-state index in [0.29, 0.717) is 5.92 Å². The zero-order valence-electron chi connectivity index (χ0n) is 12.8. The van der Waals surface area contributed by atoms with E-state index in [1.807, 2.05) is 24.3 Å². The van der Waals surface area contributed by atoms with Crippen LogP contribution in [0.3, 0.4) is 0 Å². The highest BCUT2D eigenvalue weighted by Crippen LogP contribution is 2.18. The predicted octanol–water partition coefficient (Wildman–Crippen LogP) is 1.31. The van der Waals surface area contributed by atoms with Gasteiger partial charge in [0.15, 0.2) is 0 Å². The number of nitrogens with zero attached hydrogens (tertiary/aromatic N) is 3. The smallest absolute Gasteiger partial charge is 0.121 e. The average molecular weight is 288 g/mol. The lowest BCUT2D eigenvalue weighted by atomic mass is 9.94. The predicted molar refractivity (Wildman–Crippen MR) is 84.0 cm³/mol. The number of rotatable bonds is 4. The Balaban J connectivity index is 1.61. The average Bonchev–Trinajstić information content (AvgIpc) is 2.84. The number of aliphatic hydroxyl groups is 1. The molecule has 1 aliphatic heterocycles. The quantitative estimate of drug-likeness (QED) is 0.890. The SMILES string of the molecule is CN1CC[C@@H](O)[C@H](CN(C)Cc2nc3ccccc3[nH]2)C1. The van der Waals surface area contributed by atoms with Crippen LogP contribution in [-0.2, 0) is 6.54 Å². The maximum atomic E-state index is 10.1. The van der Waals surface area contributed by atoms with Crippen molar-refractivity contribution < 1.29 is 5.11 Å². The van der Waals surface area contributed by atoms with Gasteiger partial charge in [-0.3, -0.25) is 4.90 Å². The number of imidazole rings is 1. The fourth-order valence-electron chi connectivity index (χ4n) is 3.18. The standard InChI is InChI=1S/C16H24N4O/c1-19-8-7-15(21)12(9-19)10-20(2)11-16-17-13-5-3-4-6-14(13)18-16/h3-6,12,15,21H,7-11H2,1-2H3,(H,17,18)/t12-,15+/m0/s1. The van der Waals surface area contributed by atoms with Crippen molar-refractivity contribution in [1.29, 1.82) is 0 Å². The number of likely N-dealkylation sites (tertiary alicyclic amines) is 1. The van der Waals surface area contributed by atoms with Crippen molar-refractivity contribution in [2.24, 2.45) is 5.92 Å². The van der Waals surface area contributed by atoms with E-state index in [1.54, 1.807) is 0 Å². The molecule has 2 aromatic rings. The number of H-pyrrole nitrogens is 1. The maximum Gasteiger partial charge on any atom is 0.121 e. The summed E-state index contributed by atoms with van der Waals surface area (Å²) in [5.41, 5.74) is 2.09. The third-order valence-electron chi connectivity index (χ3n) is 4.30. The number of piperidine rings is 1. The van der Waals surface area contributed by atoms with E-state index in [0.717, 1.165) is 49.5 Å². The monoisotopic (exact) mass is 288 g/mol. The summed E-state index contributed by atoms with van der Waals surface area (Å²) in [6.45, 7) is 3.63. The molecule has 114 valence electrons. The molecule has 1 fully saturated rings. The molecule has 1 saturated heterocycles. The van der Waals surface area contributed by atoms with Gasteiger partial charge in [-0.15, -0.1) is 0 Å². The molecular formula is C16H24N4O. The third kappa shape index (κ3) is 3.43. The van der Waals surface area contributed by atoms with Gasteiger partial charge in [0.25, 0.3) is 0 Å². The molecule has 5 heteroatoms. The Kier molecular flexibility index (Phi) is 4.24. The number of nitrogens with one attached hydrogen (secondary N) is 1. The van der Waals surface area contributed by atoms with Gasteiger partial charge in [-0.1, -0.05) is 12.1 Å². The second kappa shape index (κ2) is 6.13. The van der Waals surface area contributed by atoms with Gasteiger partial charge >= 0.3 is 0 Å². The summed E-state index contributed by atoms with van der Waals surface area (Å²) in [5.74, 6) is 1.30. The summed E-state index contributed by atoms with van der Waals surface area (Å²) in [6.07, 6.45) is 0.693. The number of fused-ring (bicyclic) bond motifs is 1. The van der Waals surface area contributed by atoms with Crippen LogP contribution in [0.4, 0.5) is 0 Å². The van der Waals surface area contributed by atoms with Crippen LogP contribution in [0, 0.1) is 5.92 Å². The van der Waals surface area contributed by atoms with Crippen LogP contribution < -0.4 is 0 Å². The molecule has 2 N–H and O–H groups in total. The number of para-hydroxylation sites is 2. The van der Waals surface area contributed by atoms with E-state index in [9.17, 15) is 5.11 Å². The van der Waals surface area contributed by atoms with E-state index in [2.05, 4.69) is 33.9 Å². The van der Waals surface area contributed by atoms with Crippen molar-refractivity contribution in [3.8, 4) is 0 Å². The Morgan fingerprint density at radius 1 is 1.43 bits per heavy atom. The van der Waals surface area contributed by atoms with Crippen molar-refractivity contribution in [2.75, 3.05) is 33.7 Å². The minimum absolute atomic E-state index is 0.181. The van der Waals surface area contributed by atoms with Gasteiger partial charge in [-0.05, 0) is 32.6 Å². The zero-order chi connectivity index (χ0) is 14.8. The molecule has 0 radical (unpaired) electrons. The van der Waals surface area contributed by atoms with Gasteiger partial charge in [-0.25, -0.2) is 4.98 Å². The molecule has 0 amide bonds. The highest BCUT2D eigenvalue weighted by molar-refractivity contribution is 5.74. The highest BCUT2D eigenvalue weighted by atomic mass is 16.3. The summed E-state index contributed by atoms with van der Waals surface area (Å²) in [6, 6.07) is 8.09. The molecule has 0 aliphatic carbocycles. The number of hydrogen-bond acceptors (Lipinski definition) is 4. The van der Waals surface area contributed by atoms with Gasteiger partial charge in [0.1, 0.15) is 5.82 Å². The molecule has 0 unspecified atom stereocenters. The number of hydrogen-bond donors (Lipinski definition) is 2. The first-order valence-electron chi connectivity index (χ1n) is 7.60.